The first-order valence-electron chi connectivity index (χ1n) is 9.03. The van der Waals surface area contributed by atoms with E-state index in [0.717, 1.165) is 52.8 Å². The Morgan fingerprint density at radius 3 is 2.89 bits per heavy atom. The summed E-state index contributed by atoms with van der Waals surface area (Å²) in [5.41, 5.74) is 5.46. The summed E-state index contributed by atoms with van der Waals surface area (Å²) < 4.78 is 6.75. The molecule has 0 unspecified atom stereocenters. The van der Waals surface area contributed by atoms with Gasteiger partial charge in [-0.1, -0.05) is 24.3 Å². The van der Waals surface area contributed by atoms with E-state index in [2.05, 4.69) is 16.0 Å². The zero-order valence-electron chi connectivity index (χ0n) is 14.9. The van der Waals surface area contributed by atoms with Gasteiger partial charge in [0.25, 0.3) is 0 Å². The Labute approximate surface area is 160 Å². The van der Waals surface area contributed by atoms with Crippen molar-refractivity contribution < 1.29 is 14.6 Å². The average molecular weight is 372 g/mol. The molecule has 7 nitrogen and oxygen atoms in total. The lowest BCUT2D eigenvalue weighted by Crippen LogP contribution is -2.05. The minimum absolute atomic E-state index is 0.0312. The molecule has 0 fully saturated rings. The van der Waals surface area contributed by atoms with Gasteiger partial charge in [-0.05, 0) is 36.6 Å². The first kappa shape index (κ1) is 16.4. The van der Waals surface area contributed by atoms with Crippen LogP contribution in [0.2, 0.25) is 0 Å². The van der Waals surface area contributed by atoms with Gasteiger partial charge in [-0.3, -0.25) is 9.67 Å². The van der Waals surface area contributed by atoms with E-state index in [9.17, 15) is 4.79 Å². The van der Waals surface area contributed by atoms with Crippen LogP contribution in [0, 0.1) is 0 Å². The zero-order chi connectivity index (χ0) is 19.1. The van der Waals surface area contributed by atoms with Crippen molar-refractivity contribution in [1.29, 1.82) is 0 Å². The second kappa shape index (κ2) is 6.45. The van der Waals surface area contributed by atoms with E-state index in [4.69, 9.17) is 14.9 Å². The number of nitrogens with zero attached hydrogens (tertiary/aromatic N) is 4. The van der Waals surface area contributed by atoms with Crippen LogP contribution in [0.1, 0.15) is 12.1 Å². The van der Waals surface area contributed by atoms with Crippen LogP contribution in [0.4, 0.5) is 4.79 Å². The Hall–Kier alpha value is -3.74. The second-order valence-electron chi connectivity index (χ2n) is 6.60. The quantitative estimate of drug-likeness (QED) is 0.543. The van der Waals surface area contributed by atoms with E-state index in [1.54, 1.807) is 12.3 Å². The van der Waals surface area contributed by atoms with Crippen LogP contribution in [0.15, 0.2) is 54.7 Å². The Balaban J connectivity index is 1.74. The van der Waals surface area contributed by atoms with Crippen LogP contribution in [-0.4, -0.2) is 31.0 Å². The number of aryl methyl sites for hydroxylation is 1. The standard InChI is InChI=1S/C21H16N4O3/c26-21(27)28-18-9-3-7-16(23-18)20-19(17-8-4-12-25(17)24-20)14-10-11-22-15-6-2-1-5-13(14)15/h1-3,5-7,9-11H,4,8,12H2,(H,26,27). The van der Waals surface area contributed by atoms with Gasteiger partial charge in [0.05, 0.1) is 11.2 Å². The Morgan fingerprint density at radius 2 is 2.00 bits per heavy atom. The highest BCUT2D eigenvalue weighted by Gasteiger charge is 2.25. The number of pyridine rings is 2. The molecule has 1 aromatic carbocycles. The van der Waals surface area contributed by atoms with Crippen molar-refractivity contribution in [3.05, 3.63) is 60.4 Å². The summed E-state index contributed by atoms with van der Waals surface area (Å²) in [5, 5.41) is 14.7. The smallest absolute Gasteiger partial charge is 0.449 e. The Bertz CT molecular complexity index is 1210. The van der Waals surface area contributed by atoms with Crippen LogP contribution in [0.3, 0.4) is 0 Å². The van der Waals surface area contributed by atoms with Crippen molar-refractivity contribution in [3.63, 3.8) is 0 Å². The fourth-order valence-electron chi connectivity index (χ4n) is 3.80. The number of hydrogen-bond acceptors (Lipinski definition) is 5. The van der Waals surface area contributed by atoms with Crippen LogP contribution in [-0.2, 0) is 13.0 Å². The van der Waals surface area contributed by atoms with Crippen molar-refractivity contribution in [2.75, 3.05) is 0 Å². The van der Waals surface area contributed by atoms with E-state index < -0.39 is 6.16 Å². The summed E-state index contributed by atoms with van der Waals surface area (Å²) in [6.07, 6.45) is 2.40. The van der Waals surface area contributed by atoms with Gasteiger partial charge in [0, 0.05) is 35.5 Å². The Morgan fingerprint density at radius 1 is 1.11 bits per heavy atom. The number of carboxylic acid groups (broad SMARTS) is 1. The molecule has 0 atom stereocenters. The van der Waals surface area contributed by atoms with Crippen LogP contribution in [0.5, 0.6) is 5.88 Å². The molecule has 0 aliphatic carbocycles. The SMILES string of the molecule is O=C(O)Oc1cccc(-c2nn3c(c2-c2ccnc4ccccc24)CCC3)n1. The second-order valence-corrected chi connectivity index (χ2v) is 6.60. The summed E-state index contributed by atoms with van der Waals surface area (Å²) in [6, 6.07) is 15.1. The molecule has 1 aliphatic rings. The largest absolute Gasteiger partial charge is 0.512 e. The molecular formula is C21H16N4O3. The Kier molecular flexibility index (Phi) is 3.79. The van der Waals surface area contributed by atoms with Crippen molar-refractivity contribution in [2.45, 2.75) is 19.4 Å². The predicted octanol–water partition coefficient (Wildman–Crippen LogP) is 4.16. The third-order valence-corrected chi connectivity index (χ3v) is 4.92. The maximum Gasteiger partial charge on any atom is 0.512 e. The number of hydrogen-bond donors (Lipinski definition) is 1. The van der Waals surface area contributed by atoms with E-state index in [1.165, 1.54) is 6.07 Å². The van der Waals surface area contributed by atoms with Crippen LogP contribution in [0.25, 0.3) is 33.4 Å². The molecule has 28 heavy (non-hydrogen) atoms. The molecule has 5 rings (SSSR count). The van der Waals surface area contributed by atoms with Crippen LogP contribution < -0.4 is 4.74 Å². The summed E-state index contributed by atoms with van der Waals surface area (Å²) in [5.74, 6) is 0.0312. The van der Waals surface area contributed by atoms with Gasteiger partial charge < -0.3 is 9.84 Å². The highest BCUT2D eigenvalue weighted by atomic mass is 16.7. The molecule has 0 radical (unpaired) electrons. The number of benzene rings is 1. The fraction of sp³-hybridized carbons (Fsp3) is 0.143. The predicted molar refractivity (Wildman–Crippen MR) is 103 cm³/mol. The van der Waals surface area contributed by atoms with E-state index in [1.807, 2.05) is 35.0 Å². The van der Waals surface area contributed by atoms with Gasteiger partial charge >= 0.3 is 6.16 Å². The molecule has 0 bridgehead atoms. The first-order chi connectivity index (χ1) is 13.7. The van der Waals surface area contributed by atoms with Gasteiger partial charge in [0.1, 0.15) is 5.69 Å². The third kappa shape index (κ3) is 2.68. The molecule has 4 heterocycles. The minimum atomic E-state index is -1.39. The van der Waals surface area contributed by atoms with E-state index >= 15 is 0 Å². The van der Waals surface area contributed by atoms with Crippen molar-refractivity contribution >= 4 is 17.1 Å². The van der Waals surface area contributed by atoms with E-state index in [0.29, 0.717) is 5.69 Å². The highest BCUT2D eigenvalue weighted by Crippen LogP contribution is 2.39. The molecule has 3 aromatic heterocycles. The number of ether oxygens (including phenoxy) is 1. The topological polar surface area (TPSA) is 90.1 Å². The van der Waals surface area contributed by atoms with Crippen molar-refractivity contribution in [3.8, 4) is 28.4 Å². The number of para-hydroxylation sites is 1. The van der Waals surface area contributed by atoms with Crippen LogP contribution >= 0.6 is 0 Å². The normalized spacial score (nSPS) is 12.9. The molecule has 0 amide bonds. The summed E-state index contributed by atoms with van der Waals surface area (Å²) >= 11 is 0. The fourth-order valence-corrected chi connectivity index (χ4v) is 3.80. The molecule has 0 spiro atoms. The highest BCUT2D eigenvalue weighted by molar-refractivity contribution is 5.98. The first-order valence-corrected chi connectivity index (χ1v) is 9.03. The lowest BCUT2D eigenvalue weighted by Gasteiger charge is -2.09. The van der Waals surface area contributed by atoms with Gasteiger partial charge in [-0.2, -0.15) is 5.10 Å². The number of aromatic nitrogens is 4. The number of fused-ring (bicyclic) bond motifs is 2. The van der Waals surface area contributed by atoms with Gasteiger partial charge in [0.2, 0.25) is 5.88 Å². The summed E-state index contributed by atoms with van der Waals surface area (Å²) in [6.45, 7) is 0.858. The molecule has 4 aromatic rings. The molecule has 7 heteroatoms. The summed E-state index contributed by atoms with van der Waals surface area (Å²) in [4.78, 5) is 19.7. The lowest BCUT2D eigenvalue weighted by molar-refractivity contribution is 0.142. The molecule has 0 saturated heterocycles. The molecule has 0 saturated carbocycles. The van der Waals surface area contributed by atoms with Gasteiger partial charge in [0.15, 0.2) is 0 Å². The molecular weight excluding hydrogens is 356 g/mol. The van der Waals surface area contributed by atoms with Gasteiger partial charge in [-0.25, -0.2) is 9.78 Å². The lowest BCUT2D eigenvalue weighted by atomic mass is 9.97. The maximum absolute atomic E-state index is 10.9. The minimum Gasteiger partial charge on any atom is -0.449 e. The monoisotopic (exact) mass is 372 g/mol. The average Bonchev–Trinajstić information content (AvgIpc) is 3.28. The maximum atomic E-state index is 10.9. The van der Waals surface area contributed by atoms with E-state index in [-0.39, 0.29) is 5.88 Å². The molecule has 138 valence electrons. The number of carbonyl (C=O) groups is 1. The van der Waals surface area contributed by atoms with Crippen molar-refractivity contribution in [2.24, 2.45) is 0 Å². The molecule has 1 N–H and O–H groups in total. The third-order valence-electron chi connectivity index (χ3n) is 4.92. The van der Waals surface area contributed by atoms with Crippen molar-refractivity contribution in [1.82, 2.24) is 19.7 Å². The molecule has 1 aliphatic heterocycles. The zero-order valence-corrected chi connectivity index (χ0v) is 14.9. The number of rotatable bonds is 3. The summed E-state index contributed by atoms with van der Waals surface area (Å²) in [7, 11) is 0. The van der Waals surface area contributed by atoms with Gasteiger partial charge in [-0.15, -0.1) is 0 Å².